The minimum atomic E-state index is -4.26. The van der Waals surface area contributed by atoms with Gasteiger partial charge in [-0.1, -0.05) is 59.8 Å². The Morgan fingerprint density at radius 1 is 0.976 bits per heavy atom. The lowest BCUT2D eigenvalue weighted by atomic mass is 10.1. The molecule has 42 heavy (non-hydrogen) atoms. The largest absolute Gasteiger partial charge is 0.497 e. The average molecular weight is 653 g/mol. The molecule has 0 spiro atoms. The maximum absolute atomic E-state index is 14.1. The Bertz CT molecular complexity index is 1510. The molecule has 2 amide bonds. The standard InChI is InChI=1S/C30H32Cl3N3O5S/c1-20(30(38)34-22-8-3-4-9-22)35(18-26-27(32)11-6-12-28(26)33)29(37)19-36(23-10-5-7-21(31)17-23)42(39,40)25-15-13-24(41-2)14-16-25/h5-7,10-17,20,22H,3-4,8-9,18-19H2,1-2H3,(H,34,38)/t20-/m0/s1. The number of sulfonamides is 1. The molecule has 224 valence electrons. The first kappa shape index (κ1) is 31.9. The minimum absolute atomic E-state index is 0.0270. The summed E-state index contributed by atoms with van der Waals surface area (Å²) in [5, 5.41) is 3.96. The number of halogens is 3. The summed E-state index contributed by atoms with van der Waals surface area (Å²) in [4.78, 5) is 28.7. The minimum Gasteiger partial charge on any atom is -0.497 e. The third-order valence-corrected chi connectivity index (χ3v) is 10.0. The number of anilines is 1. The van der Waals surface area contributed by atoms with Crippen LogP contribution in [0, 0.1) is 0 Å². The van der Waals surface area contributed by atoms with E-state index >= 15 is 0 Å². The van der Waals surface area contributed by atoms with E-state index in [1.165, 1.54) is 42.3 Å². The van der Waals surface area contributed by atoms with Crippen LogP contribution in [0.4, 0.5) is 5.69 Å². The molecule has 4 rings (SSSR count). The van der Waals surface area contributed by atoms with Crippen molar-refractivity contribution in [3.8, 4) is 5.75 Å². The van der Waals surface area contributed by atoms with Gasteiger partial charge in [0.15, 0.2) is 0 Å². The molecule has 8 nitrogen and oxygen atoms in total. The lowest BCUT2D eigenvalue weighted by molar-refractivity contribution is -0.139. The van der Waals surface area contributed by atoms with Gasteiger partial charge < -0.3 is 15.0 Å². The monoisotopic (exact) mass is 651 g/mol. The second-order valence-corrected chi connectivity index (χ2v) is 13.2. The number of benzene rings is 3. The summed E-state index contributed by atoms with van der Waals surface area (Å²) in [6, 6.07) is 16.1. The molecule has 1 fully saturated rings. The molecule has 1 aliphatic carbocycles. The van der Waals surface area contributed by atoms with Crippen LogP contribution in [-0.2, 0) is 26.2 Å². The molecule has 0 saturated heterocycles. The maximum Gasteiger partial charge on any atom is 0.264 e. The van der Waals surface area contributed by atoms with Crippen molar-refractivity contribution in [1.82, 2.24) is 10.2 Å². The highest BCUT2D eigenvalue weighted by Gasteiger charge is 2.34. The number of carbonyl (C=O) groups excluding carboxylic acids is 2. The molecule has 1 N–H and O–H groups in total. The molecule has 3 aromatic rings. The van der Waals surface area contributed by atoms with Crippen molar-refractivity contribution in [3.05, 3.63) is 87.4 Å². The number of nitrogens with zero attached hydrogens (tertiary/aromatic N) is 2. The van der Waals surface area contributed by atoms with Crippen LogP contribution in [0.3, 0.4) is 0 Å². The van der Waals surface area contributed by atoms with Crippen LogP contribution in [0.5, 0.6) is 5.75 Å². The van der Waals surface area contributed by atoms with Crippen LogP contribution in [0.25, 0.3) is 0 Å². The molecule has 3 aromatic carbocycles. The van der Waals surface area contributed by atoms with Gasteiger partial charge in [-0.2, -0.15) is 0 Å². The van der Waals surface area contributed by atoms with Gasteiger partial charge in [-0.15, -0.1) is 0 Å². The number of methoxy groups -OCH3 is 1. The highest BCUT2D eigenvalue weighted by Crippen LogP contribution is 2.30. The van der Waals surface area contributed by atoms with E-state index in [1.807, 2.05) is 0 Å². The second kappa shape index (κ2) is 14.0. The van der Waals surface area contributed by atoms with Gasteiger partial charge in [0.05, 0.1) is 17.7 Å². The molecule has 0 aliphatic heterocycles. The smallest absolute Gasteiger partial charge is 0.264 e. The maximum atomic E-state index is 14.1. The molecular weight excluding hydrogens is 621 g/mol. The van der Waals surface area contributed by atoms with Crippen molar-refractivity contribution in [2.75, 3.05) is 18.0 Å². The van der Waals surface area contributed by atoms with Crippen molar-refractivity contribution < 1.29 is 22.7 Å². The first-order valence-corrected chi connectivity index (χ1v) is 16.0. The average Bonchev–Trinajstić information content (AvgIpc) is 3.48. The van der Waals surface area contributed by atoms with Crippen LogP contribution in [0.15, 0.2) is 71.6 Å². The fraction of sp³-hybridized carbons (Fsp3) is 0.333. The van der Waals surface area contributed by atoms with Crippen LogP contribution >= 0.6 is 34.8 Å². The number of nitrogens with one attached hydrogen (secondary N) is 1. The molecule has 0 bridgehead atoms. The van der Waals surface area contributed by atoms with Crippen molar-refractivity contribution in [2.24, 2.45) is 0 Å². The summed E-state index contributed by atoms with van der Waals surface area (Å²) >= 11 is 19.1. The Kier molecular flexibility index (Phi) is 10.6. The van der Waals surface area contributed by atoms with Crippen molar-refractivity contribution in [1.29, 1.82) is 0 Å². The van der Waals surface area contributed by atoms with Crippen LogP contribution in [0.1, 0.15) is 38.2 Å². The number of rotatable bonds is 11. The zero-order valence-corrected chi connectivity index (χ0v) is 26.3. The Labute approximate surface area is 261 Å². The molecule has 12 heteroatoms. The van der Waals surface area contributed by atoms with E-state index in [1.54, 1.807) is 43.3 Å². The Morgan fingerprint density at radius 3 is 2.19 bits per heavy atom. The topological polar surface area (TPSA) is 96.0 Å². The fourth-order valence-electron chi connectivity index (χ4n) is 4.86. The molecular formula is C30H32Cl3N3O5S. The quantitative estimate of drug-likeness (QED) is 0.261. The zero-order chi connectivity index (χ0) is 30.4. The summed E-state index contributed by atoms with van der Waals surface area (Å²) in [7, 11) is -2.78. The van der Waals surface area contributed by atoms with E-state index in [0.717, 1.165) is 30.0 Å². The predicted molar refractivity (Wildman–Crippen MR) is 166 cm³/mol. The van der Waals surface area contributed by atoms with E-state index in [-0.39, 0.29) is 29.1 Å². The predicted octanol–water partition coefficient (Wildman–Crippen LogP) is 6.33. The first-order valence-electron chi connectivity index (χ1n) is 13.5. The Hall–Kier alpha value is -2.98. The van der Waals surface area contributed by atoms with E-state index in [2.05, 4.69) is 5.32 Å². The fourth-order valence-corrected chi connectivity index (χ4v) is 6.97. The third kappa shape index (κ3) is 7.50. The van der Waals surface area contributed by atoms with Crippen molar-refractivity contribution in [3.63, 3.8) is 0 Å². The van der Waals surface area contributed by atoms with Gasteiger partial charge in [-0.3, -0.25) is 13.9 Å². The van der Waals surface area contributed by atoms with Gasteiger partial charge in [0.25, 0.3) is 10.0 Å². The Balaban J connectivity index is 1.72. The van der Waals surface area contributed by atoms with Gasteiger partial charge in [-0.05, 0) is 74.4 Å². The summed E-state index contributed by atoms with van der Waals surface area (Å²) in [5.41, 5.74) is 0.632. The summed E-state index contributed by atoms with van der Waals surface area (Å²) in [5.74, 6) is -0.493. The summed E-state index contributed by atoms with van der Waals surface area (Å²) in [6.45, 7) is 0.884. The summed E-state index contributed by atoms with van der Waals surface area (Å²) < 4.78 is 34.0. The summed E-state index contributed by atoms with van der Waals surface area (Å²) in [6.07, 6.45) is 3.78. The Morgan fingerprint density at radius 2 is 1.60 bits per heavy atom. The molecule has 1 saturated carbocycles. The second-order valence-electron chi connectivity index (χ2n) is 10.1. The number of hydrogen-bond acceptors (Lipinski definition) is 5. The highest BCUT2D eigenvalue weighted by atomic mass is 35.5. The van der Waals surface area contributed by atoms with Gasteiger partial charge in [0.1, 0.15) is 18.3 Å². The lowest BCUT2D eigenvalue weighted by Crippen LogP contribution is -2.52. The van der Waals surface area contributed by atoms with Gasteiger partial charge in [0, 0.05) is 33.2 Å². The molecule has 0 aromatic heterocycles. The molecule has 0 radical (unpaired) electrons. The van der Waals surface area contributed by atoms with E-state index < -0.39 is 28.5 Å². The van der Waals surface area contributed by atoms with E-state index in [4.69, 9.17) is 39.5 Å². The number of amides is 2. The third-order valence-electron chi connectivity index (χ3n) is 7.28. The van der Waals surface area contributed by atoms with Crippen molar-refractivity contribution >= 4 is 62.3 Å². The van der Waals surface area contributed by atoms with E-state index in [9.17, 15) is 18.0 Å². The number of ether oxygens (including phenoxy) is 1. The van der Waals surface area contributed by atoms with Gasteiger partial charge in [0.2, 0.25) is 11.8 Å². The normalized spacial score (nSPS) is 14.3. The van der Waals surface area contributed by atoms with Crippen molar-refractivity contribution in [2.45, 2.75) is 56.1 Å². The molecule has 0 unspecified atom stereocenters. The lowest BCUT2D eigenvalue weighted by Gasteiger charge is -2.33. The SMILES string of the molecule is COc1ccc(S(=O)(=O)N(CC(=O)N(Cc2c(Cl)cccc2Cl)[C@@H](C)C(=O)NC2CCCC2)c2cccc(Cl)c2)cc1. The number of carbonyl (C=O) groups is 2. The zero-order valence-electron chi connectivity index (χ0n) is 23.2. The van der Waals surface area contributed by atoms with Crippen LogP contribution in [-0.4, -0.2) is 50.9 Å². The van der Waals surface area contributed by atoms with Gasteiger partial charge >= 0.3 is 0 Å². The van der Waals surface area contributed by atoms with Gasteiger partial charge in [-0.25, -0.2) is 8.42 Å². The van der Waals surface area contributed by atoms with Crippen LogP contribution < -0.4 is 14.4 Å². The van der Waals surface area contributed by atoms with E-state index in [0.29, 0.717) is 26.4 Å². The first-order chi connectivity index (χ1) is 20.0. The molecule has 0 heterocycles. The molecule has 1 aliphatic rings. The molecule has 1 atom stereocenters. The van der Waals surface area contributed by atoms with Crippen LogP contribution in [0.2, 0.25) is 15.1 Å². The number of hydrogen-bond donors (Lipinski definition) is 1. The highest BCUT2D eigenvalue weighted by molar-refractivity contribution is 7.92.